The van der Waals surface area contributed by atoms with Crippen LogP contribution in [0.25, 0.3) is 33.4 Å². The van der Waals surface area contributed by atoms with E-state index in [0.717, 1.165) is 33.4 Å². The molecule has 0 saturated carbocycles. The first-order valence-electron chi connectivity index (χ1n) is 9.62. The average Bonchev–Trinajstić information content (AvgIpc) is 2.79. The number of methoxy groups -OCH3 is 1. The van der Waals surface area contributed by atoms with Crippen LogP contribution < -0.4 is 0 Å². The zero-order chi connectivity index (χ0) is 20.2. The van der Waals surface area contributed by atoms with Crippen LogP contribution >= 0.6 is 0 Å². The number of aryl methyl sites for hydroxylation is 1. The molecule has 4 aromatic carbocycles. The Kier molecular flexibility index (Phi) is 5.26. The van der Waals surface area contributed by atoms with Crippen molar-refractivity contribution in [1.29, 1.82) is 0 Å². The zero-order valence-corrected chi connectivity index (χ0v) is 16.6. The summed E-state index contributed by atoms with van der Waals surface area (Å²) < 4.78 is 5.12. The fourth-order valence-electron chi connectivity index (χ4n) is 3.70. The first kappa shape index (κ1) is 18.7. The van der Waals surface area contributed by atoms with Gasteiger partial charge in [0.1, 0.15) is 0 Å². The number of rotatable bonds is 4. The van der Waals surface area contributed by atoms with Crippen molar-refractivity contribution in [1.82, 2.24) is 0 Å². The molecule has 0 radical (unpaired) electrons. The number of esters is 1. The maximum Gasteiger partial charge on any atom is 0.338 e. The van der Waals surface area contributed by atoms with Crippen LogP contribution in [-0.4, -0.2) is 13.1 Å². The molecule has 0 aromatic heterocycles. The number of carbonyl (C=O) groups is 1. The Hall–Kier alpha value is -3.65. The molecule has 0 bridgehead atoms. The van der Waals surface area contributed by atoms with E-state index in [1.165, 1.54) is 12.7 Å². The topological polar surface area (TPSA) is 26.3 Å². The van der Waals surface area contributed by atoms with E-state index < -0.39 is 0 Å². The second-order valence-electron chi connectivity index (χ2n) is 6.98. The van der Waals surface area contributed by atoms with Crippen LogP contribution in [0.3, 0.4) is 0 Å². The van der Waals surface area contributed by atoms with Crippen molar-refractivity contribution < 1.29 is 9.53 Å². The number of carbonyl (C=O) groups excluding carboxylic acids is 1. The fraction of sp³-hybridized carbons (Fsp3) is 0.0741. The molecule has 0 heterocycles. The van der Waals surface area contributed by atoms with Crippen molar-refractivity contribution in [3.8, 4) is 33.4 Å². The van der Waals surface area contributed by atoms with Crippen molar-refractivity contribution in [3.63, 3.8) is 0 Å². The molecule has 4 rings (SSSR count). The van der Waals surface area contributed by atoms with Gasteiger partial charge in [-0.05, 0) is 51.9 Å². The molecule has 0 saturated heterocycles. The van der Waals surface area contributed by atoms with Crippen LogP contribution in [0, 0.1) is 6.92 Å². The van der Waals surface area contributed by atoms with Gasteiger partial charge in [0.2, 0.25) is 0 Å². The highest BCUT2D eigenvalue weighted by molar-refractivity contribution is 6.01. The van der Waals surface area contributed by atoms with Crippen molar-refractivity contribution in [2.45, 2.75) is 6.92 Å². The third kappa shape index (κ3) is 3.70. The van der Waals surface area contributed by atoms with Gasteiger partial charge in [0.15, 0.2) is 0 Å². The number of hydrogen-bond donors (Lipinski definition) is 0. The van der Waals surface area contributed by atoms with Crippen molar-refractivity contribution in [2.24, 2.45) is 0 Å². The molecule has 0 unspecified atom stereocenters. The molecule has 0 spiro atoms. The van der Waals surface area contributed by atoms with Gasteiger partial charge in [-0.25, -0.2) is 4.79 Å². The Morgan fingerprint density at radius 2 is 1.21 bits per heavy atom. The molecular weight excluding hydrogens is 356 g/mol. The summed E-state index contributed by atoms with van der Waals surface area (Å²) in [6.07, 6.45) is 0. The predicted molar refractivity (Wildman–Crippen MR) is 119 cm³/mol. The van der Waals surface area contributed by atoms with Gasteiger partial charge in [-0.1, -0.05) is 91.0 Å². The van der Waals surface area contributed by atoms with E-state index in [1.54, 1.807) is 0 Å². The Bertz CT molecular complexity index is 1160. The molecular formula is C27H22O2. The molecule has 0 N–H and O–H groups in total. The van der Waals surface area contributed by atoms with Gasteiger partial charge in [-0.3, -0.25) is 0 Å². The van der Waals surface area contributed by atoms with Gasteiger partial charge in [0, 0.05) is 0 Å². The van der Waals surface area contributed by atoms with Gasteiger partial charge in [0.25, 0.3) is 0 Å². The normalized spacial score (nSPS) is 10.6. The SMILES string of the molecule is COC(=O)c1cc(-c2ccccc2)ccc1-c1ccccc1-c1ccccc1C. The van der Waals surface area contributed by atoms with E-state index in [4.69, 9.17) is 4.74 Å². The maximum atomic E-state index is 12.7. The molecule has 2 nitrogen and oxygen atoms in total. The van der Waals surface area contributed by atoms with E-state index in [1.807, 2.05) is 66.7 Å². The third-order valence-corrected chi connectivity index (χ3v) is 5.18. The van der Waals surface area contributed by atoms with Crippen molar-refractivity contribution in [2.75, 3.05) is 7.11 Å². The van der Waals surface area contributed by atoms with Crippen LogP contribution in [-0.2, 0) is 4.74 Å². The Morgan fingerprint density at radius 3 is 1.86 bits per heavy atom. The minimum absolute atomic E-state index is 0.336. The minimum Gasteiger partial charge on any atom is -0.465 e. The first-order chi connectivity index (χ1) is 14.2. The molecule has 0 aliphatic carbocycles. The van der Waals surface area contributed by atoms with Crippen LogP contribution in [0.4, 0.5) is 0 Å². The Morgan fingerprint density at radius 1 is 0.621 bits per heavy atom. The minimum atomic E-state index is -0.336. The quantitative estimate of drug-likeness (QED) is 0.366. The van der Waals surface area contributed by atoms with Crippen LogP contribution in [0.2, 0.25) is 0 Å². The Balaban J connectivity index is 1.92. The van der Waals surface area contributed by atoms with E-state index in [0.29, 0.717) is 5.56 Å². The number of hydrogen-bond acceptors (Lipinski definition) is 2. The maximum absolute atomic E-state index is 12.7. The highest BCUT2D eigenvalue weighted by Gasteiger charge is 2.18. The average molecular weight is 378 g/mol. The van der Waals surface area contributed by atoms with Crippen LogP contribution in [0.5, 0.6) is 0 Å². The first-order valence-corrected chi connectivity index (χ1v) is 9.62. The Labute approximate surface area is 171 Å². The van der Waals surface area contributed by atoms with Gasteiger partial charge in [0.05, 0.1) is 12.7 Å². The molecule has 142 valence electrons. The lowest BCUT2D eigenvalue weighted by atomic mass is 9.88. The summed E-state index contributed by atoms with van der Waals surface area (Å²) in [5.74, 6) is -0.336. The molecule has 2 heteroatoms. The number of ether oxygens (including phenoxy) is 1. The van der Waals surface area contributed by atoms with Gasteiger partial charge >= 0.3 is 5.97 Å². The van der Waals surface area contributed by atoms with Crippen LogP contribution in [0.15, 0.2) is 97.1 Å². The molecule has 29 heavy (non-hydrogen) atoms. The lowest BCUT2D eigenvalue weighted by molar-refractivity contribution is 0.0601. The van der Waals surface area contributed by atoms with Crippen molar-refractivity contribution in [3.05, 3.63) is 108 Å². The monoisotopic (exact) mass is 378 g/mol. The molecule has 4 aromatic rings. The summed E-state index contributed by atoms with van der Waals surface area (Å²) in [6.45, 7) is 2.10. The van der Waals surface area contributed by atoms with Gasteiger partial charge in [-0.2, -0.15) is 0 Å². The largest absolute Gasteiger partial charge is 0.465 e. The van der Waals surface area contributed by atoms with Crippen molar-refractivity contribution >= 4 is 5.97 Å². The lowest BCUT2D eigenvalue weighted by Gasteiger charge is -2.16. The standard InChI is InChI=1S/C27H22O2/c1-19-10-6-7-13-22(19)23-14-8-9-15-24(23)25-17-16-21(18-26(25)27(28)29-2)20-11-4-3-5-12-20/h3-18H,1-2H3. The van der Waals surface area contributed by atoms with Gasteiger partial charge < -0.3 is 4.74 Å². The summed E-state index contributed by atoms with van der Waals surface area (Å²) in [5.41, 5.74) is 7.96. The summed E-state index contributed by atoms with van der Waals surface area (Å²) in [6, 6.07) is 32.5. The summed E-state index contributed by atoms with van der Waals surface area (Å²) in [5, 5.41) is 0. The molecule has 0 aliphatic heterocycles. The third-order valence-electron chi connectivity index (χ3n) is 5.18. The van der Waals surface area contributed by atoms with Gasteiger partial charge in [-0.15, -0.1) is 0 Å². The second kappa shape index (κ2) is 8.15. The smallest absolute Gasteiger partial charge is 0.338 e. The van der Waals surface area contributed by atoms with E-state index in [-0.39, 0.29) is 5.97 Å². The predicted octanol–water partition coefficient (Wildman–Crippen LogP) is 6.78. The van der Waals surface area contributed by atoms with E-state index in [9.17, 15) is 4.79 Å². The summed E-state index contributed by atoms with van der Waals surface area (Å²) >= 11 is 0. The molecule has 0 amide bonds. The van der Waals surface area contributed by atoms with Crippen LogP contribution in [0.1, 0.15) is 15.9 Å². The van der Waals surface area contributed by atoms with E-state index >= 15 is 0 Å². The second-order valence-corrected chi connectivity index (χ2v) is 6.98. The zero-order valence-electron chi connectivity index (χ0n) is 16.6. The molecule has 0 atom stereocenters. The molecule has 0 aliphatic rings. The highest BCUT2D eigenvalue weighted by Crippen LogP contribution is 2.37. The fourth-order valence-corrected chi connectivity index (χ4v) is 3.70. The summed E-state index contributed by atoms with van der Waals surface area (Å²) in [7, 11) is 1.43. The number of benzene rings is 4. The van der Waals surface area contributed by atoms with E-state index in [2.05, 4.69) is 37.3 Å². The lowest BCUT2D eigenvalue weighted by Crippen LogP contribution is -2.04. The highest BCUT2D eigenvalue weighted by atomic mass is 16.5. The summed E-state index contributed by atoms with van der Waals surface area (Å²) in [4.78, 5) is 12.7. The molecule has 0 fully saturated rings.